The number of urea groups is 2. The van der Waals surface area contributed by atoms with Gasteiger partial charge in [0.1, 0.15) is 0 Å². The number of amides is 6. The Morgan fingerprint density at radius 2 is 0.944 bits per heavy atom. The molecule has 2 aliphatic heterocycles. The fraction of sp³-hybridized carbons (Fsp3) is 0.250. The molecule has 0 unspecified atom stereocenters. The average molecular weight is 256 g/mol. The van der Waals surface area contributed by atoms with Gasteiger partial charge in [0.15, 0.2) is 0 Å². The zero-order chi connectivity index (χ0) is 13.7. The highest BCUT2D eigenvalue weighted by molar-refractivity contribution is 6.41. The first-order chi connectivity index (χ1) is 8.40. The highest BCUT2D eigenvalue weighted by atomic mass is 16.2. The first kappa shape index (κ1) is 13.3. The van der Waals surface area contributed by atoms with E-state index in [9.17, 15) is 28.8 Å². The largest absolute Gasteiger partial charge is 0.330 e. The molecule has 6 amide bonds. The van der Waals surface area contributed by atoms with Crippen LogP contribution in [0.4, 0.5) is 9.59 Å². The molecule has 0 spiro atoms. The second-order valence-electron chi connectivity index (χ2n) is 3.12. The van der Waals surface area contributed by atoms with E-state index in [4.69, 9.17) is 0 Å². The predicted molar refractivity (Wildman–Crippen MR) is 53.1 cm³/mol. The third-order valence-corrected chi connectivity index (χ3v) is 1.78. The number of imide groups is 2. The van der Waals surface area contributed by atoms with Gasteiger partial charge in [0.05, 0.1) is 13.1 Å². The van der Waals surface area contributed by atoms with Crippen LogP contribution >= 0.6 is 0 Å². The van der Waals surface area contributed by atoms with Crippen molar-refractivity contribution in [2.24, 2.45) is 0 Å². The molecular formula is C8H8N4O6. The normalized spacial score (nSPS) is 18.9. The van der Waals surface area contributed by atoms with Crippen molar-refractivity contribution in [1.82, 2.24) is 21.3 Å². The Morgan fingerprint density at radius 1 is 0.611 bits per heavy atom. The van der Waals surface area contributed by atoms with Crippen LogP contribution in [0, 0.1) is 0 Å². The molecule has 0 aliphatic carbocycles. The van der Waals surface area contributed by atoms with E-state index < -0.39 is 35.4 Å². The lowest BCUT2D eigenvalue weighted by molar-refractivity contribution is -0.137. The number of carbonyl (C=O) groups is 6. The van der Waals surface area contributed by atoms with E-state index in [2.05, 4.69) is 10.6 Å². The lowest BCUT2D eigenvalue weighted by Gasteiger charge is -2.09. The minimum atomic E-state index is -0.834. The van der Waals surface area contributed by atoms with Gasteiger partial charge in [0, 0.05) is 0 Å². The van der Waals surface area contributed by atoms with Crippen LogP contribution in [0.15, 0.2) is 0 Å². The summed E-state index contributed by atoms with van der Waals surface area (Å²) in [6.45, 7) is -0.380. The Labute approximate surface area is 99.5 Å². The van der Waals surface area contributed by atoms with E-state index in [1.807, 2.05) is 0 Å². The summed E-state index contributed by atoms with van der Waals surface area (Å²) in [7, 11) is 0. The molecule has 2 aliphatic rings. The van der Waals surface area contributed by atoms with Crippen LogP contribution in [0.2, 0.25) is 0 Å². The Bertz CT molecular complexity index is 415. The minimum absolute atomic E-state index is 0.190. The molecular weight excluding hydrogens is 248 g/mol. The maximum Gasteiger partial charge on any atom is 0.322 e. The van der Waals surface area contributed by atoms with Crippen molar-refractivity contribution >= 4 is 35.4 Å². The number of ketones is 2. The molecule has 0 aromatic carbocycles. The molecule has 0 aromatic heterocycles. The van der Waals surface area contributed by atoms with E-state index in [-0.39, 0.29) is 13.1 Å². The van der Waals surface area contributed by atoms with E-state index in [1.54, 1.807) is 10.6 Å². The predicted octanol–water partition coefficient (Wildman–Crippen LogP) is -3.21. The zero-order valence-electron chi connectivity index (χ0n) is 8.86. The molecule has 10 heteroatoms. The van der Waals surface area contributed by atoms with Crippen molar-refractivity contribution in [3.63, 3.8) is 0 Å². The smallest absolute Gasteiger partial charge is 0.322 e. The summed E-state index contributed by atoms with van der Waals surface area (Å²) >= 11 is 0. The average Bonchev–Trinajstić information content (AvgIpc) is 2.30. The van der Waals surface area contributed by atoms with E-state index in [1.165, 1.54) is 0 Å². The van der Waals surface area contributed by atoms with Crippen molar-refractivity contribution in [3.05, 3.63) is 0 Å². The van der Waals surface area contributed by atoms with Crippen molar-refractivity contribution in [2.45, 2.75) is 0 Å². The summed E-state index contributed by atoms with van der Waals surface area (Å²) in [6.07, 6.45) is 0. The molecule has 10 nitrogen and oxygen atoms in total. The summed E-state index contributed by atoms with van der Waals surface area (Å²) in [5.74, 6) is -2.90. The highest BCUT2D eigenvalue weighted by Crippen LogP contribution is 1.79. The second kappa shape index (κ2) is 5.52. The maximum absolute atomic E-state index is 10.3. The standard InChI is InChI=1S/2C4H4N2O3/c2*7-2-1-5-4(9)6-3(2)8/h2*1H2,(H2,5,6,8,9). The highest BCUT2D eigenvalue weighted by Gasteiger charge is 2.22. The summed E-state index contributed by atoms with van der Waals surface area (Å²) in [5, 5.41) is 7.86. The Hall–Kier alpha value is -2.78. The Balaban J connectivity index is 0.000000180. The quantitative estimate of drug-likeness (QED) is 0.335. The molecule has 96 valence electrons. The van der Waals surface area contributed by atoms with Crippen molar-refractivity contribution in [1.29, 1.82) is 0 Å². The Morgan fingerprint density at radius 3 is 1.17 bits per heavy atom. The minimum Gasteiger partial charge on any atom is -0.330 e. The van der Waals surface area contributed by atoms with Gasteiger partial charge in [0.2, 0.25) is 11.6 Å². The van der Waals surface area contributed by atoms with Crippen LogP contribution in [0.3, 0.4) is 0 Å². The fourth-order valence-electron chi connectivity index (χ4n) is 0.916. The third kappa shape index (κ3) is 3.66. The van der Waals surface area contributed by atoms with Crippen LogP contribution in [0.1, 0.15) is 0 Å². The van der Waals surface area contributed by atoms with Gasteiger partial charge in [0.25, 0.3) is 11.8 Å². The van der Waals surface area contributed by atoms with Gasteiger partial charge in [-0.1, -0.05) is 0 Å². The van der Waals surface area contributed by atoms with E-state index in [0.29, 0.717) is 0 Å². The fourth-order valence-corrected chi connectivity index (χ4v) is 0.916. The summed E-state index contributed by atoms with van der Waals surface area (Å²) in [6, 6.07) is -1.22. The molecule has 0 bridgehead atoms. The topological polar surface area (TPSA) is 151 Å². The molecule has 0 saturated carbocycles. The number of Topliss-reactive ketones (excluding diaryl/α,β-unsaturated/α-hetero) is 2. The van der Waals surface area contributed by atoms with Crippen LogP contribution in [-0.2, 0) is 19.2 Å². The van der Waals surface area contributed by atoms with Gasteiger partial charge < -0.3 is 10.6 Å². The summed E-state index contributed by atoms with van der Waals surface area (Å²) in [4.78, 5) is 61.6. The van der Waals surface area contributed by atoms with E-state index in [0.717, 1.165) is 0 Å². The van der Waals surface area contributed by atoms with Crippen LogP contribution in [0.25, 0.3) is 0 Å². The summed E-state index contributed by atoms with van der Waals surface area (Å²) < 4.78 is 0. The third-order valence-electron chi connectivity index (χ3n) is 1.78. The first-order valence-electron chi connectivity index (χ1n) is 4.64. The monoisotopic (exact) mass is 256 g/mol. The molecule has 0 atom stereocenters. The number of hydrogen-bond donors (Lipinski definition) is 4. The molecule has 2 saturated heterocycles. The molecule has 0 aromatic rings. The number of hydrogen-bond acceptors (Lipinski definition) is 6. The molecule has 0 radical (unpaired) electrons. The van der Waals surface area contributed by atoms with Gasteiger partial charge >= 0.3 is 12.1 Å². The lowest BCUT2D eigenvalue weighted by Crippen LogP contribution is -2.52. The SMILES string of the molecule is O=C1NCC(=O)C(=O)N1.O=C1NCC(=O)C(=O)N1. The lowest BCUT2D eigenvalue weighted by atomic mass is 10.3. The molecule has 2 heterocycles. The Kier molecular flexibility index (Phi) is 4.07. The number of carbonyl (C=O) groups excluding carboxylic acids is 6. The van der Waals surface area contributed by atoms with Crippen LogP contribution in [-0.4, -0.2) is 48.5 Å². The van der Waals surface area contributed by atoms with Gasteiger partial charge in [-0.3, -0.25) is 29.8 Å². The number of rotatable bonds is 0. The van der Waals surface area contributed by atoms with E-state index >= 15 is 0 Å². The molecule has 4 N–H and O–H groups in total. The summed E-state index contributed by atoms with van der Waals surface area (Å²) in [5.41, 5.74) is 0. The van der Waals surface area contributed by atoms with Gasteiger partial charge in [-0.2, -0.15) is 0 Å². The van der Waals surface area contributed by atoms with Crippen LogP contribution in [0.5, 0.6) is 0 Å². The van der Waals surface area contributed by atoms with Gasteiger partial charge in [-0.05, 0) is 0 Å². The zero-order valence-corrected chi connectivity index (χ0v) is 8.86. The molecule has 2 fully saturated rings. The van der Waals surface area contributed by atoms with Gasteiger partial charge in [-0.15, -0.1) is 0 Å². The maximum atomic E-state index is 10.3. The van der Waals surface area contributed by atoms with Crippen molar-refractivity contribution in [2.75, 3.05) is 13.1 Å². The first-order valence-corrected chi connectivity index (χ1v) is 4.64. The molecule has 18 heavy (non-hydrogen) atoms. The van der Waals surface area contributed by atoms with Crippen molar-refractivity contribution < 1.29 is 28.8 Å². The number of nitrogens with one attached hydrogen (secondary N) is 4. The van der Waals surface area contributed by atoms with Gasteiger partial charge in [-0.25, -0.2) is 9.59 Å². The molecule has 2 rings (SSSR count). The van der Waals surface area contributed by atoms with Crippen LogP contribution < -0.4 is 21.3 Å². The van der Waals surface area contributed by atoms with Crippen molar-refractivity contribution in [3.8, 4) is 0 Å². The second-order valence-corrected chi connectivity index (χ2v) is 3.12.